The minimum absolute atomic E-state index is 0.0493. The van der Waals surface area contributed by atoms with Crippen molar-refractivity contribution in [3.05, 3.63) is 0 Å². The summed E-state index contributed by atoms with van der Waals surface area (Å²) < 4.78 is 0. The zero-order chi connectivity index (χ0) is 11.7. The van der Waals surface area contributed by atoms with Crippen molar-refractivity contribution in [2.75, 3.05) is 19.6 Å². The number of hydrogen-bond acceptors (Lipinski definition) is 3. The van der Waals surface area contributed by atoms with E-state index in [-0.39, 0.29) is 24.3 Å². The summed E-state index contributed by atoms with van der Waals surface area (Å²) in [5.74, 6) is -0.0653. The van der Waals surface area contributed by atoms with Crippen LogP contribution in [0, 0.1) is 5.92 Å². The first-order chi connectivity index (χ1) is 7.13. The molecule has 4 N–H and O–H groups in total. The number of likely N-dealkylation sites (N-methyl/N-ethyl adjacent to an activating group) is 1. The van der Waals surface area contributed by atoms with Gasteiger partial charge in [0, 0.05) is 13.0 Å². The Labute approximate surface area is 90.8 Å². The highest BCUT2D eigenvalue weighted by Gasteiger charge is 2.10. The van der Waals surface area contributed by atoms with E-state index in [1.54, 1.807) is 0 Å². The second-order valence-electron chi connectivity index (χ2n) is 3.44. The van der Waals surface area contributed by atoms with E-state index in [0.29, 0.717) is 19.5 Å². The molecule has 0 aromatic heterocycles. The quantitative estimate of drug-likeness (QED) is 0.541. The summed E-state index contributed by atoms with van der Waals surface area (Å²) in [5.41, 5.74) is 5.48. The van der Waals surface area contributed by atoms with Crippen LogP contribution < -0.4 is 16.4 Å². The van der Waals surface area contributed by atoms with Crippen LogP contribution in [0.2, 0.25) is 0 Å². The van der Waals surface area contributed by atoms with Crippen LogP contribution in [0.5, 0.6) is 0 Å². The van der Waals surface area contributed by atoms with Crippen LogP contribution in [0.4, 0.5) is 0 Å². The van der Waals surface area contributed by atoms with Gasteiger partial charge in [0.2, 0.25) is 11.8 Å². The Bertz CT molecular complexity index is 203. The van der Waals surface area contributed by atoms with Gasteiger partial charge in [-0.25, -0.2) is 0 Å². The van der Waals surface area contributed by atoms with Gasteiger partial charge < -0.3 is 16.4 Å². The van der Waals surface area contributed by atoms with E-state index in [4.69, 9.17) is 5.73 Å². The average Bonchev–Trinajstić information content (AvgIpc) is 2.23. The van der Waals surface area contributed by atoms with E-state index in [9.17, 15) is 9.59 Å². The number of carbonyl (C=O) groups excluding carboxylic acids is 2. The number of nitrogens with two attached hydrogens (primary N) is 1. The van der Waals surface area contributed by atoms with Gasteiger partial charge in [0.1, 0.15) is 0 Å². The Hall–Kier alpha value is -1.10. The molecule has 2 amide bonds. The Morgan fingerprint density at radius 1 is 1.20 bits per heavy atom. The fourth-order valence-corrected chi connectivity index (χ4v) is 1.17. The molecule has 5 nitrogen and oxygen atoms in total. The second kappa shape index (κ2) is 8.23. The van der Waals surface area contributed by atoms with Gasteiger partial charge in [-0.05, 0) is 19.4 Å². The van der Waals surface area contributed by atoms with Gasteiger partial charge in [-0.2, -0.15) is 0 Å². The minimum atomic E-state index is -0.161. The maximum absolute atomic E-state index is 11.3. The Kier molecular flexibility index (Phi) is 7.62. The molecule has 0 heterocycles. The number of hydrogen-bond donors (Lipinski definition) is 3. The van der Waals surface area contributed by atoms with Gasteiger partial charge in [-0.15, -0.1) is 0 Å². The van der Waals surface area contributed by atoms with Crippen LogP contribution in [0.1, 0.15) is 26.7 Å². The van der Waals surface area contributed by atoms with Gasteiger partial charge >= 0.3 is 0 Å². The number of nitrogens with one attached hydrogen (secondary N) is 2. The molecule has 5 heteroatoms. The first kappa shape index (κ1) is 13.9. The van der Waals surface area contributed by atoms with E-state index >= 15 is 0 Å². The highest BCUT2D eigenvalue weighted by molar-refractivity contribution is 5.84. The predicted molar refractivity (Wildman–Crippen MR) is 59.1 cm³/mol. The van der Waals surface area contributed by atoms with Crippen molar-refractivity contribution >= 4 is 11.8 Å². The first-order valence-corrected chi connectivity index (χ1v) is 5.37. The lowest BCUT2D eigenvalue weighted by molar-refractivity contribution is -0.126. The van der Waals surface area contributed by atoms with E-state index in [1.807, 2.05) is 13.8 Å². The van der Waals surface area contributed by atoms with Crippen molar-refractivity contribution in [1.82, 2.24) is 10.6 Å². The Balaban J connectivity index is 3.69. The van der Waals surface area contributed by atoms with Gasteiger partial charge in [-0.3, -0.25) is 9.59 Å². The van der Waals surface area contributed by atoms with Crippen LogP contribution >= 0.6 is 0 Å². The third kappa shape index (κ3) is 6.90. The van der Waals surface area contributed by atoms with Gasteiger partial charge in [0.25, 0.3) is 0 Å². The molecule has 0 spiro atoms. The summed E-state index contributed by atoms with van der Waals surface area (Å²) in [6, 6.07) is 0. The van der Waals surface area contributed by atoms with Crippen LogP contribution in [0.3, 0.4) is 0 Å². The average molecular weight is 215 g/mol. The number of amides is 2. The van der Waals surface area contributed by atoms with E-state index in [2.05, 4.69) is 10.6 Å². The summed E-state index contributed by atoms with van der Waals surface area (Å²) in [5, 5.41) is 5.16. The molecule has 0 aliphatic rings. The largest absolute Gasteiger partial charge is 0.355 e. The SMILES string of the molecule is CCNC(=O)CNC(=O)CC(CC)CN. The number of rotatable bonds is 7. The third-order valence-corrected chi connectivity index (χ3v) is 2.20. The summed E-state index contributed by atoms with van der Waals surface area (Å²) in [6.45, 7) is 4.96. The molecule has 0 aromatic carbocycles. The van der Waals surface area contributed by atoms with Crippen molar-refractivity contribution in [1.29, 1.82) is 0 Å². The van der Waals surface area contributed by atoms with Crippen molar-refractivity contribution in [3.8, 4) is 0 Å². The van der Waals surface area contributed by atoms with Gasteiger partial charge in [-0.1, -0.05) is 13.3 Å². The van der Waals surface area contributed by atoms with Crippen LogP contribution in [0.25, 0.3) is 0 Å². The molecule has 0 aromatic rings. The van der Waals surface area contributed by atoms with E-state index in [1.165, 1.54) is 0 Å². The normalized spacial score (nSPS) is 11.9. The van der Waals surface area contributed by atoms with Crippen LogP contribution in [0.15, 0.2) is 0 Å². The fraction of sp³-hybridized carbons (Fsp3) is 0.800. The van der Waals surface area contributed by atoms with E-state index < -0.39 is 0 Å². The summed E-state index contributed by atoms with van der Waals surface area (Å²) in [7, 11) is 0. The maximum Gasteiger partial charge on any atom is 0.239 e. The highest BCUT2D eigenvalue weighted by atomic mass is 16.2. The smallest absolute Gasteiger partial charge is 0.239 e. The Morgan fingerprint density at radius 3 is 2.33 bits per heavy atom. The molecule has 0 radical (unpaired) electrons. The topological polar surface area (TPSA) is 84.2 Å². The molecule has 0 saturated heterocycles. The third-order valence-electron chi connectivity index (χ3n) is 2.20. The molecule has 15 heavy (non-hydrogen) atoms. The second-order valence-corrected chi connectivity index (χ2v) is 3.44. The lowest BCUT2D eigenvalue weighted by Crippen LogP contribution is -2.37. The minimum Gasteiger partial charge on any atom is -0.355 e. The molecule has 0 saturated carbocycles. The van der Waals surface area contributed by atoms with Crippen LogP contribution in [-0.4, -0.2) is 31.4 Å². The maximum atomic E-state index is 11.3. The molecular formula is C10H21N3O2. The summed E-state index contributed by atoms with van der Waals surface area (Å²) >= 11 is 0. The molecule has 1 unspecified atom stereocenters. The molecule has 1 atom stereocenters. The molecule has 0 aliphatic carbocycles. The number of carbonyl (C=O) groups is 2. The van der Waals surface area contributed by atoms with Crippen molar-refractivity contribution in [2.24, 2.45) is 11.7 Å². The van der Waals surface area contributed by atoms with Crippen molar-refractivity contribution in [3.63, 3.8) is 0 Å². The van der Waals surface area contributed by atoms with Crippen molar-refractivity contribution in [2.45, 2.75) is 26.7 Å². The predicted octanol–water partition coefficient (Wildman–Crippen LogP) is -0.386. The summed E-state index contributed by atoms with van der Waals surface area (Å²) in [4.78, 5) is 22.4. The molecule has 88 valence electrons. The molecule has 0 bridgehead atoms. The first-order valence-electron chi connectivity index (χ1n) is 5.37. The zero-order valence-corrected chi connectivity index (χ0v) is 9.51. The van der Waals surface area contributed by atoms with E-state index in [0.717, 1.165) is 6.42 Å². The lowest BCUT2D eigenvalue weighted by atomic mass is 10.0. The molecule has 0 rings (SSSR count). The fourth-order valence-electron chi connectivity index (χ4n) is 1.17. The van der Waals surface area contributed by atoms with Crippen molar-refractivity contribution < 1.29 is 9.59 Å². The molecule has 0 aliphatic heterocycles. The monoisotopic (exact) mass is 215 g/mol. The van der Waals surface area contributed by atoms with Gasteiger partial charge in [0.05, 0.1) is 6.54 Å². The lowest BCUT2D eigenvalue weighted by Gasteiger charge is -2.11. The highest BCUT2D eigenvalue weighted by Crippen LogP contribution is 2.04. The van der Waals surface area contributed by atoms with Crippen LogP contribution in [-0.2, 0) is 9.59 Å². The zero-order valence-electron chi connectivity index (χ0n) is 9.51. The molecular weight excluding hydrogens is 194 g/mol. The van der Waals surface area contributed by atoms with Gasteiger partial charge in [0.15, 0.2) is 0 Å². The Morgan fingerprint density at radius 2 is 1.87 bits per heavy atom. The summed E-state index contributed by atoms with van der Waals surface area (Å²) in [6.07, 6.45) is 1.28. The molecule has 0 fully saturated rings. The standard InChI is InChI=1S/C10H21N3O2/c1-3-8(6-11)5-9(14)13-7-10(15)12-4-2/h8H,3-7,11H2,1-2H3,(H,12,15)(H,13,14).